The minimum absolute atomic E-state index is 0.602. The number of hydrogen-bond acceptors (Lipinski definition) is 3. The summed E-state index contributed by atoms with van der Waals surface area (Å²) in [5.74, 6) is 0.617. The second-order valence-electron chi connectivity index (χ2n) is 6.29. The van der Waals surface area contributed by atoms with E-state index in [0.29, 0.717) is 15.9 Å². The fraction of sp³-hybridized carbons (Fsp3) is 0.0435. The predicted octanol–water partition coefficient (Wildman–Crippen LogP) is 7.53. The largest absolute Gasteiger partial charge is 0.436 e. The molecule has 5 heteroatoms. The molecule has 28 heavy (non-hydrogen) atoms. The van der Waals surface area contributed by atoms with Crippen molar-refractivity contribution in [3.63, 3.8) is 0 Å². The zero-order valence-corrected chi connectivity index (χ0v) is 16.6. The van der Waals surface area contributed by atoms with Gasteiger partial charge in [-0.05, 0) is 60.5 Å². The van der Waals surface area contributed by atoms with Crippen LogP contribution in [0.25, 0.3) is 28.6 Å². The highest BCUT2D eigenvalue weighted by molar-refractivity contribution is 6.35. The highest BCUT2D eigenvalue weighted by atomic mass is 35.5. The normalized spacial score (nSPS) is 11.8. The van der Waals surface area contributed by atoms with Crippen LogP contribution in [-0.2, 0) is 0 Å². The first-order chi connectivity index (χ1) is 13.6. The molecule has 138 valence electrons. The van der Waals surface area contributed by atoms with Gasteiger partial charge in [-0.25, -0.2) is 4.98 Å². The summed E-state index contributed by atoms with van der Waals surface area (Å²) in [6.07, 6.45) is 5.43. The maximum absolute atomic E-state index is 6.16. The van der Waals surface area contributed by atoms with Crippen molar-refractivity contribution in [1.29, 1.82) is 0 Å². The first-order valence-corrected chi connectivity index (χ1v) is 9.48. The van der Waals surface area contributed by atoms with Crippen molar-refractivity contribution >= 4 is 52.3 Å². The van der Waals surface area contributed by atoms with Gasteiger partial charge < -0.3 is 4.42 Å². The van der Waals surface area contributed by atoms with Crippen LogP contribution in [0.2, 0.25) is 10.0 Å². The average molecular weight is 407 g/mol. The lowest BCUT2D eigenvalue weighted by molar-refractivity contribution is 0.619. The van der Waals surface area contributed by atoms with Crippen molar-refractivity contribution in [2.24, 2.45) is 4.99 Å². The van der Waals surface area contributed by atoms with E-state index in [0.717, 1.165) is 33.5 Å². The van der Waals surface area contributed by atoms with Crippen molar-refractivity contribution in [2.45, 2.75) is 6.92 Å². The first-order valence-electron chi connectivity index (χ1n) is 8.72. The molecular weight excluding hydrogens is 391 g/mol. The SMILES string of the molecule is Cc1ccccc1-c1nc2cc(N=C/C=C\c3ccc(Cl)cc3Cl)ccc2o1. The molecule has 0 saturated heterocycles. The summed E-state index contributed by atoms with van der Waals surface area (Å²) < 4.78 is 5.89. The lowest BCUT2D eigenvalue weighted by atomic mass is 10.1. The summed E-state index contributed by atoms with van der Waals surface area (Å²) >= 11 is 12.1. The fourth-order valence-corrected chi connectivity index (χ4v) is 3.31. The Morgan fingerprint density at radius 3 is 2.68 bits per heavy atom. The molecular formula is C23H16Cl2N2O. The standard InChI is InChI=1S/C23H16Cl2N2O/c1-15-5-2-3-7-19(15)23-27-21-14-18(10-11-22(21)28-23)26-12-4-6-16-8-9-17(24)13-20(16)25/h2-14H,1H3/b6-4-,26-12?. The Bertz CT molecular complexity index is 1210. The molecule has 0 spiro atoms. The van der Waals surface area contributed by atoms with Crippen LogP contribution >= 0.6 is 23.2 Å². The van der Waals surface area contributed by atoms with Crippen molar-refractivity contribution in [2.75, 3.05) is 0 Å². The van der Waals surface area contributed by atoms with Crippen LogP contribution in [-0.4, -0.2) is 11.2 Å². The number of hydrogen-bond donors (Lipinski definition) is 0. The van der Waals surface area contributed by atoms with Crippen molar-refractivity contribution in [1.82, 2.24) is 4.98 Å². The van der Waals surface area contributed by atoms with E-state index in [2.05, 4.69) is 9.98 Å². The molecule has 3 aromatic carbocycles. The first kappa shape index (κ1) is 18.5. The number of halogens is 2. The third kappa shape index (κ3) is 4.01. The number of aromatic nitrogens is 1. The van der Waals surface area contributed by atoms with E-state index in [9.17, 15) is 0 Å². The van der Waals surface area contributed by atoms with E-state index >= 15 is 0 Å². The van der Waals surface area contributed by atoms with Crippen molar-refractivity contribution in [3.05, 3.63) is 87.9 Å². The van der Waals surface area contributed by atoms with Crippen molar-refractivity contribution in [3.8, 4) is 11.5 Å². The zero-order chi connectivity index (χ0) is 19.5. The molecule has 4 aromatic rings. The number of oxazole rings is 1. The van der Waals surface area contributed by atoms with Crippen LogP contribution in [0.4, 0.5) is 5.69 Å². The number of rotatable bonds is 4. The molecule has 1 aromatic heterocycles. The summed E-state index contributed by atoms with van der Waals surface area (Å²) in [4.78, 5) is 9.07. The lowest BCUT2D eigenvalue weighted by Gasteiger charge is -1.98. The Morgan fingerprint density at radius 1 is 1.00 bits per heavy atom. The molecule has 4 rings (SSSR count). The summed E-state index contributed by atoms with van der Waals surface area (Å²) in [6.45, 7) is 2.04. The smallest absolute Gasteiger partial charge is 0.227 e. The molecule has 0 radical (unpaired) electrons. The molecule has 0 aliphatic rings. The summed E-state index contributed by atoms with van der Waals surface area (Å²) in [6, 6.07) is 19.1. The number of benzene rings is 3. The van der Waals surface area contributed by atoms with Crippen LogP contribution in [0.3, 0.4) is 0 Å². The number of allylic oxidation sites excluding steroid dienone is 1. The third-order valence-electron chi connectivity index (χ3n) is 4.29. The van der Waals surface area contributed by atoms with E-state index in [1.54, 1.807) is 18.3 Å². The topological polar surface area (TPSA) is 38.4 Å². The van der Waals surface area contributed by atoms with Gasteiger partial charge in [0, 0.05) is 21.8 Å². The van der Waals surface area contributed by atoms with Gasteiger partial charge in [-0.3, -0.25) is 4.99 Å². The molecule has 0 atom stereocenters. The Morgan fingerprint density at radius 2 is 1.86 bits per heavy atom. The van der Waals surface area contributed by atoms with Gasteiger partial charge in [0.2, 0.25) is 5.89 Å². The van der Waals surface area contributed by atoms with Crippen LogP contribution in [0, 0.1) is 6.92 Å². The van der Waals surface area contributed by atoms with Crippen LogP contribution in [0.1, 0.15) is 11.1 Å². The molecule has 0 aliphatic heterocycles. The molecule has 1 heterocycles. The van der Waals surface area contributed by atoms with E-state index in [-0.39, 0.29) is 0 Å². The van der Waals surface area contributed by atoms with E-state index in [4.69, 9.17) is 27.6 Å². The van der Waals surface area contributed by atoms with Gasteiger partial charge >= 0.3 is 0 Å². The van der Waals surface area contributed by atoms with E-state index in [1.165, 1.54) is 0 Å². The zero-order valence-electron chi connectivity index (χ0n) is 15.1. The Labute approximate surface area is 173 Å². The van der Waals surface area contributed by atoms with Gasteiger partial charge in [-0.1, -0.05) is 53.5 Å². The minimum atomic E-state index is 0.602. The van der Waals surface area contributed by atoms with Crippen molar-refractivity contribution < 1.29 is 4.42 Å². The Kier molecular flexibility index (Phi) is 5.29. The molecule has 0 unspecified atom stereocenters. The Balaban J connectivity index is 1.55. The van der Waals surface area contributed by atoms with Gasteiger partial charge in [0.15, 0.2) is 5.58 Å². The fourth-order valence-electron chi connectivity index (χ4n) is 2.84. The van der Waals surface area contributed by atoms with Gasteiger partial charge in [-0.2, -0.15) is 0 Å². The number of fused-ring (bicyclic) bond motifs is 1. The quantitative estimate of drug-likeness (QED) is 0.328. The van der Waals surface area contributed by atoms with Gasteiger partial charge in [0.25, 0.3) is 0 Å². The third-order valence-corrected chi connectivity index (χ3v) is 4.86. The van der Waals surface area contributed by atoms with E-state index < -0.39 is 0 Å². The maximum Gasteiger partial charge on any atom is 0.227 e. The summed E-state index contributed by atoms with van der Waals surface area (Å²) in [5.41, 5.74) is 5.31. The Hall–Kier alpha value is -2.88. The van der Waals surface area contributed by atoms with E-state index in [1.807, 2.05) is 67.6 Å². The average Bonchev–Trinajstić information content (AvgIpc) is 3.10. The molecule has 0 amide bonds. The molecule has 0 aliphatic carbocycles. The predicted molar refractivity (Wildman–Crippen MR) is 118 cm³/mol. The lowest BCUT2D eigenvalue weighted by Crippen LogP contribution is -1.81. The van der Waals surface area contributed by atoms with Gasteiger partial charge in [0.05, 0.1) is 5.69 Å². The molecule has 0 fully saturated rings. The summed E-state index contributed by atoms with van der Waals surface area (Å²) in [7, 11) is 0. The summed E-state index contributed by atoms with van der Waals surface area (Å²) in [5, 5.41) is 1.21. The monoisotopic (exact) mass is 406 g/mol. The number of nitrogens with zero attached hydrogens (tertiary/aromatic N) is 2. The van der Waals surface area contributed by atoms with Crippen LogP contribution in [0.15, 0.2) is 76.1 Å². The molecule has 3 nitrogen and oxygen atoms in total. The maximum atomic E-state index is 6.16. The van der Waals surface area contributed by atoms with Gasteiger partial charge in [-0.15, -0.1) is 0 Å². The number of aryl methyl sites for hydroxylation is 1. The highest BCUT2D eigenvalue weighted by Gasteiger charge is 2.10. The highest BCUT2D eigenvalue weighted by Crippen LogP contribution is 2.28. The molecule has 0 bridgehead atoms. The van der Waals surface area contributed by atoms with Gasteiger partial charge in [0.1, 0.15) is 5.52 Å². The minimum Gasteiger partial charge on any atom is -0.436 e. The molecule has 0 saturated carbocycles. The van der Waals surface area contributed by atoms with Crippen LogP contribution < -0.4 is 0 Å². The molecule has 0 N–H and O–H groups in total. The second-order valence-corrected chi connectivity index (χ2v) is 7.13. The second kappa shape index (κ2) is 8.01. The number of aliphatic imine (C=N–C) groups is 1. The van der Waals surface area contributed by atoms with Crippen LogP contribution in [0.5, 0.6) is 0 Å².